The molecule has 1 unspecified atom stereocenters. The molecule has 2 aliphatic heterocycles. The van der Waals surface area contributed by atoms with Crippen molar-refractivity contribution in [3.05, 3.63) is 41.6 Å². The molecule has 2 heterocycles. The smallest absolute Gasteiger partial charge is 0.255 e. The van der Waals surface area contributed by atoms with Gasteiger partial charge >= 0.3 is 0 Å². The monoisotopic (exact) mass is 342 g/mol. The Kier molecular flexibility index (Phi) is 5.16. The van der Waals surface area contributed by atoms with E-state index in [9.17, 15) is 14.4 Å². The summed E-state index contributed by atoms with van der Waals surface area (Å²) < 4.78 is 5.71. The predicted molar refractivity (Wildman–Crippen MR) is 92.0 cm³/mol. The summed E-state index contributed by atoms with van der Waals surface area (Å²) in [7, 11) is 0. The van der Waals surface area contributed by atoms with Crippen LogP contribution in [-0.4, -0.2) is 35.6 Å². The first-order valence-electron chi connectivity index (χ1n) is 8.59. The fourth-order valence-corrected chi connectivity index (χ4v) is 3.29. The van der Waals surface area contributed by atoms with E-state index in [-0.39, 0.29) is 17.9 Å². The first-order valence-corrected chi connectivity index (χ1v) is 8.59. The molecule has 1 aromatic carbocycles. The number of piperidine rings is 1. The van der Waals surface area contributed by atoms with E-state index in [1.807, 2.05) is 6.07 Å². The van der Waals surface area contributed by atoms with Crippen molar-refractivity contribution in [3.63, 3.8) is 0 Å². The normalized spacial score (nSPS) is 19.6. The van der Waals surface area contributed by atoms with Gasteiger partial charge in [0.05, 0.1) is 12.6 Å². The quantitative estimate of drug-likeness (QED) is 0.609. The molecule has 1 saturated heterocycles. The second kappa shape index (κ2) is 7.51. The lowest BCUT2D eigenvalue weighted by Crippen LogP contribution is -2.45. The molecule has 1 aromatic rings. The third kappa shape index (κ3) is 3.73. The number of rotatable bonds is 7. The van der Waals surface area contributed by atoms with Gasteiger partial charge in [0, 0.05) is 30.6 Å². The summed E-state index contributed by atoms with van der Waals surface area (Å²) >= 11 is 0. The van der Waals surface area contributed by atoms with Crippen LogP contribution in [0.5, 0.6) is 5.75 Å². The largest absolute Gasteiger partial charge is 0.494 e. The topological polar surface area (TPSA) is 75.7 Å². The highest BCUT2D eigenvalue weighted by molar-refractivity contribution is 5.99. The Balaban J connectivity index is 1.64. The molecule has 0 saturated carbocycles. The lowest BCUT2D eigenvalue weighted by atomic mass is 10.0. The van der Waals surface area contributed by atoms with Gasteiger partial charge in [0.25, 0.3) is 5.91 Å². The Morgan fingerprint density at radius 1 is 1.32 bits per heavy atom. The highest BCUT2D eigenvalue weighted by Gasteiger charge is 2.36. The summed E-state index contributed by atoms with van der Waals surface area (Å²) in [5, 5.41) is 2.73. The average molecular weight is 342 g/mol. The highest BCUT2D eigenvalue weighted by Crippen LogP contribution is 2.31. The SMILES string of the molecule is C=C1NC(=O)CCC1N1Cc2cc(OCCCCC=O)ccc2C1=O. The number of unbranched alkanes of at least 4 members (excludes halogenated alkanes) is 2. The molecule has 0 spiro atoms. The number of fused-ring (bicyclic) bond motifs is 1. The molecule has 0 aliphatic carbocycles. The summed E-state index contributed by atoms with van der Waals surface area (Å²) in [5.74, 6) is 0.654. The van der Waals surface area contributed by atoms with E-state index in [2.05, 4.69) is 11.9 Å². The van der Waals surface area contributed by atoms with Gasteiger partial charge in [-0.1, -0.05) is 6.58 Å². The lowest BCUT2D eigenvalue weighted by Gasteiger charge is -2.32. The van der Waals surface area contributed by atoms with Crippen LogP contribution in [0, 0.1) is 0 Å². The Bertz CT molecular complexity index is 713. The Hall–Kier alpha value is -2.63. The molecule has 1 N–H and O–H groups in total. The van der Waals surface area contributed by atoms with Gasteiger partial charge in [-0.3, -0.25) is 9.59 Å². The average Bonchev–Trinajstić information content (AvgIpc) is 2.91. The molecule has 3 rings (SSSR count). The molecular formula is C19H22N2O4. The van der Waals surface area contributed by atoms with E-state index in [1.54, 1.807) is 17.0 Å². The first-order chi connectivity index (χ1) is 12.1. The molecule has 132 valence electrons. The fraction of sp³-hybridized carbons (Fsp3) is 0.421. The minimum Gasteiger partial charge on any atom is -0.494 e. The second-order valence-corrected chi connectivity index (χ2v) is 6.39. The Morgan fingerprint density at radius 3 is 2.92 bits per heavy atom. The zero-order valence-corrected chi connectivity index (χ0v) is 14.1. The van der Waals surface area contributed by atoms with Crippen molar-refractivity contribution < 1.29 is 19.1 Å². The van der Waals surface area contributed by atoms with Crippen molar-refractivity contribution in [2.24, 2.45) is 0 Å². The summed E-state index contributed by atoms with van der Waals surface area (Å²) in [4.78, 5) is 36.2. The van der Waals surface area contributed by atoms with Gasteiger partial charge in [0.15, 0.2) is 0 Å². The standard InChI is InChI=1S/C19H22N2O4/c1-13-17(7-8-18(23)20-13)21-12-14-11-15(5-6-16(14)19(21)24)25-10-4-2-3-9-22/h5-6,9,11,17H,1-4,7-8,10,12H2,(H,20,23). The lowest BCUT2D eigenvalue weighted by molar-refractivity contribution is -0.122. The van der Waals surface area contributed by atoms with Gasteiger partial charge in [-0.05, 0) is 43.0 Å². The molecule has 2 aliphatic rings. The Morgan fingerprint density at radius 2 is 2.16 bits per heavy atom. The first kappa shape index (κ1) is 17.2. The van der Waals surface area contributed by atoms with Crippen LogP contribution in [0.25, 0.3) is 0 Å². The van der Waals surface area contributed by atoms with Crippen LogP contribution in [-0.2, 0) is 16.1 Å². The molecule has 0 bridgehead atoms. The van der Waals surface area contributed by atoms with Crippen LogP contribution in [0.15, 0.2) is 30.5 Å². The molecule has 1 fully saturated rings. The molecule has 2 amide bonds. The number of hydrogen-bond donors (Lipinski definition) is 1. The van der Waals surface area contributed by atoms with Gasteiger partial charge < -0.3 is 19.7 Å². The molecule has 0 aromatic heterocycles. The van der Waals surface area contributed by atoms with Crippen molar-refractivity contribution in [1.82, 2.24) is 10.2 Å². The zero-order valence-electron chi connectivity index (χ0n) is 14.1. The number of carbonyl (C=O) groups excluding carboxylic acids is 3. The van der Waals surface area contributed by atoms with Crippen molar-refractivity contribution in [2.45, 2.75) is 44.7 Å². The molecule has 6 nitrogen and oxygen atoms in total. The molecule has 25 heavy (non-hydrogen) atoms. The van der Waals surface area contributed by atoms with Gasteiger partial charge in [-0.25, -0.2) is 0 Å². The summed E-state index contributed by atoms with van der Waals surface area (Å²) in [6, 6.07) is 5.34. The van der Waals surface area contributed by atoms with Gasteiger partial charge in [-0.2, -0.15) is 0 Å². The second-order valence-electron chi connectivity index (χ2n) is 6.39. The van der Waals surface area contributed by atoms with Crippen LogP contribution in [0.4, 0.5) is 0 Å². The molecule has 1 atom stereocenters. The number of carbonyl (C=O) groups is 3. The molecule has 0 radical (unpaired) electrons. The van der Waals surface area contributed by atoms with Crippen molar-refractivity contribution >= 4 is 18.1 Å². The van der Waals surface area contributed by atoms with E-state index in [4.69, 9.17) is 4.74 Å². The zero-order chi connectivity index (χ0) is 17.8. The number of nitrogens with zero attached hydrogens (tertiary/aromatic N) is 1. The summed E-state index contributed by atoms with van der Waals surface area (Å²) in [6.07, 6.45) is 4.11. The van der Waals surface area contributed by atoms with Crippen molar-refractivity contribution in [3.8, 4) is 5.75 Å². The van der Waals surface area contributed by atoms with Gasteiger partial charge in [-0.15, -0.1) is 0 Å². The molecule has 6 heteroatoms. The fourth-order valence-electron chi connectivity index (χ4n) is 3.29. The minimum absolute atomic E-state index is 0.0326. The molecular weight excluding hydrogens is 320 g/mol. The number of aldehydes is 1. The maximum Gasteiger partial charge on any atom is 0.255 e. The van der Waals surface area contributed by atoms with Crippen LogP contribution < -0.4 is 10.1 Å². The number of hydrogen-bond acceptors (Lipinski definition) is 4. The number of amides is 2. The van der Waals surface area contributed by atoms with E-state index < -0.39 is 0 Å². The minimum atomic E-state index is -0.162. The Labute approximate surface area is 146 Å². The van der Waals surface area contributed by atoms with E-state index in [0.29, 0.717) is 43.7 Å². The maximum absolute atomic E-state index is 12.7. The van der Waals surface area contributed by atoms with E-state index in [0.717, 1.165) is 30.4 Å². The summed E-state index contributed by atoms with van der Waals surface area (Å²) in [6.45, 7) is 4.94. The van der Waals surface area contributed by atoms with Gasteiger partial charge in [0.2, 0.25) is 5.91 Å². The van der Waals surface area contributed by atoms with Crippen LogP contribution in [0.2, 0.25) is 0 Å². The summed E-state index contributed by atoms with van der Waals surface area (Å²) in [5.41, 5.74) is 2.20. The van der Waals surface area contributed by atoms with Crippen molar-refractivity contribution in [2.75, 3.05) is 6.61 Å². The number of ether oxygens (including phenoxy) is 1. The third-order valence-corrected chi connectivity index (χ3v) is 4.62. The van der Waals surface area contributed by atoms with Crippen LogP contribution in [0.3, 0.4) is 0 Å². The van der Waals surface area contributed by atoms with Crippen LogP contribution in [0.1, 0.15) is 48.0 Å². The number of nitrogens with one attached hydrogen (secondary N) is 1. The highest BCUT2D eigenvalue weighted by atomic mass is 16.5. The van der Waals surface area contributed by atoms with E-state index >= 15 is 0 Å². The maximum atomic E-state index is 12.7. The van der Waals surface area contributed by atoms with Crippen LogP contribution >= 0.6 is 0 Å². The van der Waals surface area contributed by atoms with Crippen molar-refractivity contribution in [1.29, 1.82) is 0 Å². The predicted octanol–water partition coefficient (Wildman–Crippen LogP) is 2.18. The number of benzene rings is 1. The van der Waals surface area contributed by atoms with Gasteiger partial charge in [0.1, 0.15) is 12.0 Å². The van der Waals surface area contributed by atoms with E-state index in [1.165, 1.54) is 0 Å². The third-order valence-electron chi connectivity index (χ3n) is 4.62.